The molecule has 62 valence electrons. The third-order valence-electron chi connectivity index (χ3n) is 2.05. The molecule has 0 amide bonds. The van der Waals surface area contributed by atoms with Crippen LogP contribution < -0.4 is 0 Å². The highest BCUT2D eigenvalue weighted by Gasteiger charge is 2.17. The van der Waals surface area contributed by atoms with Crippen LogP contribution in [0.1, 0.15) is 19.4 Å². The van der Waals surface area contributed by atoms with Gasteiger partial charge in [-0.1, -0.05) is 13.8 Å². The molecule has 3 nitrogen and oxygen atoms in total. The Labute approximate surface area is 71.6 Å². The van der Waals surface area contributed by atoms with Crippen LogP contribution in [0, 0.1) is 5.92 Å². The molecule has 12 heavy (non-hydrogen) atoms. The Morgan fingerprint density at radius 1 is 1.42 bits per heavy atom. The molecule has 0 N–H and O–H groups in total. The van der Waals surface area contributed by atoms with E-state index in [1.54, 1.807) is 6.33 Å². The fraction of sp³-hybridized carbons (Fsp3) is 0.444. The number of rotatable bonds is 1. The molecular weight excluding hydrogens is 150 g/mol. The van der Waals surface area contributed by atoms with Gasteiger partial charge in [0, 0.05) is 23.9 Å². The molecule has 1 aromatic heterocycles. The van der Waals surface area contributed by atoms with E-state index in [0.29, 0.717) is 5.92 Å². The molecule has 0 bridgehead atoms. The number of nitrogens with zero attached hydrogens (tertiary/aromatic N) is 3. The van der Waals surface area contributed by atoms with Crippen molar-refractivity contribution in [2.75, 3.05) is 0 Å². The minimum Gasteiger partial charge on any atom is -0.244 e. The van der Waals surface area contributed by atoms with Crippen LogP contribution in [0.5, 0.6) is 0 Å². The summed E-state index contributed by atoms with van der Waals surface area (Å²) in [4.78, 5) is 12.5. The van der Waals surface area contributed by atoms with E-state index >= 15 is 0 Å². The van der Waals surface area contributed by atoms with Gasteiger partial charge in [-0.25, -0.2) is 15.0 Å². The van der Waals surface area contributed by atoms with Gasteiger partial charge in [-0.05, 0) is 5.92 Å². The fourth-order valence-electron chi connectivity index (χ4n) is 1.28. The monoisotopic (exact) mass is 161 g/mol. The van der Waals surface area contributed by atoms with E-state index in [-0.39, 0.29) is 0 Å². The van der Waals surface area contributed by atoms with Crippen LogP contribution in [0.25, 0.3) is 0 Å². The first-order valence-electron chi connectivity index (χ1n) is 4.13. The van der Waals surface area contributed by atoms with Gasteiger partial charge in [0.2, 0.25) is 0 Å². The summed E-state index contributed by atoms with van der Waals surface area (Å²) in [7, 11) is 0. The molecule has 3 heteroatoms. The third-order valence-corrected chi connectivity index (χ3v) is 2.05. The summed E-state index contributed by atoms with van der Waals surface area (Å²) in [6.45, 7) is 4.30. The zero-order valence-electron chi connectivity index (χ0n) is 7.28. The lowest BCUT2D eigenvalue weighted by Gasteiger charge is -2.00. The maximum atomic E-state index is 4.42. The Bertz CT molecular complexity index is 328. The Morgan fingerprint density at radius 2 is 2.25 bits per heavy atom. The predicted molar refractivity (Wildman–Crippen MR) is 47.7 cm³/mol. The quantitative estimate of drug-likeness (QED) is 0.629. The van der Waals surface area contributed by atoms with Crippen LogP contribution in [0.3, 0.4) is 0 Å². The number of aromatic nitrogens is 2. The van der Waals surface area contributed by atoms with Crippen molar-refractivity contribution in [2.24, 2.45) is 10.9 Å². The Kier molecular flexibility index (Phi) is 1.64. The summed E-state index contributed by atoms with van der Waals surface area (Å²) in [6, 6.07) is 0. The SMILES string of the molecule is CC(C)C1=Nc2ncncc2C1. The molecule has 0 aliphatic carbocycles. The second kappa shape index (κ2) is 2.66. The molecule has 0 aromatic carbocycles. The lowest BCUT2D eigenvalue weighted by atomic mass is 10.0. The van der Waals surface area contributed by atoms with E-state index < -0.39 is 0 Å². The molecule has 1 aromatic rings. The van der Waals surface area contributed by atoms with Crippen molar-refractivity contribution in [1.82, 2.24) is 9.97 Å². The van der Waals surface area contributed by atoms with Crippen LogP contribution in [0.15, 0.2) is 17.5 Å². The minimum absolute atomic E-state index is 0.513. The van der Waals surface area contributed by atoms with E-state index in [2.05, 4.69) is 28.8 Å². The molecular formula is C9H11N3. The Balaban J connectivity index is 2.35. The molecule has 0 saturated heterocycles. The predicted octanol–water partition coefficient (Wildman–Crippen LogP) is 1.76. The highest BCUT2D eigenvalue weighted by molar-refractivity contribution is 5.94. The van der Waals surface area contributed by atoms with E-state index in [1.807, 2.05) is 6.20 Å². The Morgan fingerprint density at radius 3 is 2.92 bits per heavy atom. The van der Waals surface area contributed by atoms with E-state index in [9.17, 15) is 0 Å². The van der Waals surface area contributed by atoms with Crippen molar-refractivity contribution in [1.29, 1.82) is 0 Å². The van der Waals surface area contributed by atoms with Crippen LogP contribution in [0.4, 0.5) is 5.82 Å². The first kappa shape index (κ1) is 7.40. The number of aliphatic imine (C=N–C) groups is 1. The summed E-state index contributed by atoms with van der Waals surface area (Å²) < 4.78 is 0. The van der Waals surface area contributed by atoms with E-state index in [1.165, 1.54) is 5.71 Å². The summed E-state index contributed by atoms with van der Waals surface area (Å²) >= 11 is 0. The standard InChI is InChI=1S/C9H11N3/c1-6(2)8-3-7-4-10-5-11-9(7)12-8/h4-6H,3H2,1-2H3. The van der Waals surface area contributed by atoms with Gasteiger partial charge >= 0.3 is 0 Å². The van der Waals surface area contributed by atoms with Crippen molar-refractivity contribution in [3.8, 4) is 0 Å². The van der Waals surface area contributed by atoms with Crippen molar-refractivity contribution < 1.29 is 0 Å². The normalized spacial score (nSPS) is 14.8. The van der Waals surface area contributed by atoms with Gasteiger partial charge in [0.15, 0.2) is 5.82 Å². The number of fused-ring (bicyclic) bond motifs is 1. The fourth-order valence-corrected chi connectivity index (χ4v) is 1.28. The second-order valence-electron chi connectivity index (χ2n) is 3.31. The zero-order chi connectivity index (χ0) is 8.55. The van der Waals surface area contributed by atoms with Crippen LogP contribution in [-0.2, 0) is 6.42 Å². The zero-order valence-corrected chi connectivity index (χ0v) is 7.28. The molecule has 2 heterocycles. The molecule has 0 atom stereocenters. The largest absolute Gasteiger partial charge is 0.244 e. The van der Waals surface area contributed by atoms with Crippen LogP contribution in [-0.4, -0.2) is 15.7 Å². The maximum Gasteiger partial charge on any atom is 0.158 e. The molecule has 0 radical (unpaired) electrons. The van der Waals surface area contributed by atoms with E-state index in [0.717, 1.165) is 17.8 Å². The van der Waals surface area contributed by atoms with Gasteiger partial charge in [-0.2, -0.15) is 0 Å². The van der Waals surface area contributed by atoms with Crippen molar-refractivity contribution in [2.45, 2.75) is 20.3 Å². The van der Waals surface area contributed by atoms with E-state index in [4.69, 9.17) is 0 Å². The highest BCUT2D eigenvalue weighted by atomic mass is 15.0. The van der Waals surface area contributed by atoms with Crippen molar-refractivity contribution in [3.63, 3.8) is 0 Å². The smallest absolute Gasteiger partial charge is 0.158 e. The maximum absolute atomic E-state index is 4.42. The number of hydrogen-bond acceptors (Lipinski definition) is 3. The van der Waals surface area contributed by atoms with Gasteiger partial charge in [-0.3, -0.25) is 0 Å². The molecule has 1 aliphatic rings. The summed E-state index contributed by atoms with van der Waals surface area (Å²) in [5.74, 6) is 1.37. The van der Waals surface area contributed by atoms with Gasteiger partial charge in [0.1, 0.15) is 6.33 Å². The topological polar surface area (TPSA) is 38.1 Å². The Hall–Kier alpha value is -1.25. The van der Waals surface area contributed by atoms with Gasteiger partial charge in [0.25, 0.3) is 0 Å². The van der Waals surface area contributed by atoms with Gasteiger partial charge < -0.3 is 0 Å². The molecule has 0 spiro atoms. The highest BCUT2D eigenvalue weighted by Crippen LogP contribution is 2.24. The van der Waals surface area contributed by atoms with Crippen LogP contribution in [0.2, 0.25) is 0 Å². The molecule has 1 aliphatic heterocycles. The number of hydrogen-bond donors (Lipinski definition) is 0. The first-order chi connectivity index (χ1) is 5.77. The van der Waals surface area contributed by atoms with Gasteiger partial charge in [-0.15, -0.1) is 0 Å². The molecule has 0 saturated carbocycles. The lowest BCUT2D eigenvalue weighted by molar-refractivity contribution is 0.871. The average Bonchev–Trinajstić information content (AvgIpc) is 2.46. The van der Waals surface area contributed by atoms with Crippen molar-refractivity contribution >= 4 is 11.5 Å². The molecule has 0 unspecified atom stereocenters. The minimum atomic E-state index is 0.513. The van der Waals surface area contributed by atoms with Gasteiger partial charge in [0.05, 0.1) is 0 Å². The molecule has 0 fully saturated rings. The lowest BCUT2D eigenvalue weighted by Crippen LogP contribution is -2.06. The third kappa shape index (κ3) is 1.11. The molecule has 2 rings (SSSR count). The second-order valence-corrected chi connectivity index (χ2v) is 3.31. The average molecular weight is 161 g/mol. The summed E-state index contributed by atoms with van der Waals surface area (Å²) in [6.07, 6.45) is 4.32. The summed E-state index contributed by atoms with van der Waals surface area (Å²) in [5, 5.41) is 0. The van der Waals surface area contributed by atoms with Crippen molar-refractivity contribution in [3.05, 3.63) is 18.1 Å². The summed E-state index contributed by atoms with van der Waals surface area (Å²) in [5.41, 5.74) is 2.37. The first-order valence-corrected chi connectivity index (χ1v) is 4.13. The van der Waals surface area contributed by atoms with Crippen LogP contribution >= 0.6 is 0 Å².